The van der Waals surface area contributed by atoms with Crippen LogP contribution < -0.4 is 5.32 Å². The molecule has 2 heterocycles. The number of aliphatic hydroxyl groups is 1. The Morgan fingerprint density at radius 3 is 2.35 bits per heavy atom. The maximum Gasteiger partial charge on any atom is 0.433 e. The summed E-state index contributed by atoms with van der Waals surface area (Å²) in [6.45, 7) is 3.23. The standard InChI is InChI=1S/C26H31F6N3O2/c1-2-23(37)16-3-6-18(7-4-16)35-13-15(14-35)9-19(36)12-33-22-11-24(26(30,31)32)34-21-8-5-17(10-20(21)22)25(27,28)29/h5,8,10-11,15-16,18,23,37H,2-4,6-7,9,12-14H2,1H3,(H,33,34). The monoisotopic (exact) mass is 531 g/mol. The molecule has 1 aliphatic heterocycles. The molecule has 2 aliphatic rings. The summed E-state index contributed by atoms with van der Waals surface area (Å²) in [4.78, 5) is 18.4. The van der Waals surface area contributed by atoms with E-state index in [9.17, 15) is 36.2 Å². The predicted octanol–water partition coefficient (Wildman–Crippen LogP) is 5.91. The number of likely N-dealkylation sites (tertiary alicyclic amines) is 1. The van der Waals surface area contributed by atoms with Crippen LogP contribution >= 0.6 is 0 Å². The van der Waals surface area contributed by atoms with Crippen LogP contribution in [0.4, 0.5) is 32.0 Å². The molecule has 1 aliphatic carbocycles. The number of Topliss-reactive ketones (excluding diaryl/α,β-unsaturated/α-hetero) is 1. The second-order valence-corrected chi connectivity index (χ2v) is 10.2. The van der Waals surface area contributed by atoms with E-state index in [4.69, 9.17) is 0 Å². The molecule has 5 nitrogen and oxygen atoms in total. The smallest absolute Gasteiger partial charge is 0.393 e. The number of hydrogen-bond acceptors (Lipinski definition) is 5. The average Bonchev–Trinajstić information content (AvgIpc) is 2.82. The van der Waals surface area contributed by atoms with Crippen LogP contribution in [0, 0.1) is 11.8 Å². The van der Waals surface area contributed by atoms with E-state index in [0.717, 1.165) is 57.3 Å². The molecule has 1 saturated heterocycles. The largest absolute Gasteiger partial charge is 0.433 e. The Morgan fingerprint density at radius 2 is 1.76 bits per heavy atom. The molecule has 11 heteroatoms. The highest BCUT2D eigenvalue weighted by Crippen LogP contribution is 2.37. The number of carbonyl (C=O) groups excluding carboxylic acids is 1. The number of hydrogen-bond donors (Lipinski definition) is 2. The molecule has 1 aromatic carbocycles. The Labute approximate surface area is 211 Å². The van der Waals surface area contributed by atoms with Crippen LogP contribution in [0.2, 0.25) is 0 Å². The zero-order valence-corrected chi connectivity index (χ0v) is 20.5. The summed E-state index contributed by atoms with van der Waals surface area (Å²) in [5.74, 6) is 0.273. The van der Waals surface area contributed by atoms with Crippen molar-refractivity contribution in [3.05, 3.63) is 35.5 Å². The summed E-state index contributed by atoms with van der Waals surface area (Å²) >= 11 is 0. The minimum Gasteiger partial charge on any atom is -0.393 e. The van der Waals surface area contributed by atoms with E-state index in [1.54, 1.807) is 0 Å². The molecule has 0 radical (unpaired) electrons. The highest BCUT2D eigenvalue weighted by molar-refractivity contribution is 5.94. The highest BCUT2D eigenvalue weighted by atomic mass is 19.4. The third kappa shape index (κ3) is 6.54. The van der Waals surface area contributed by atoms with Gasteiger partial charge in [-0.15, -0.1) is 0 Å². The number of aromatic nitrogens is 1. The van der Waals surface area contributed by atoms with Crippen molar-refractivity contribution < 1.29 is 36.2 Å². The molecule has 2 N–H and O–H groups in total. The number of pyridine rings is 1. The Morgan fingerprint density at radius 1 is 1.08 bits per heavy atom. The lowest BCUT2D eigenvalue weighted by Gasteiger charge is -2.47. The third-order valence-corrected chi connectivity index (χ3v) is 7.62. The molecule has 204 valence electrons. The lowest BCUT2D eigenvalue weighted by atomic mass is 9.79. The van der Waals surface area contributed by atoms with Gasteiger partial charge in [0.05, 0.1) is 23.7 Å². The minimum atomic E-state index is -4.79. The fraction of sp³-hybridized carbons (Fsp3) is 0.615. The van der Waals surface area contributed by atoms with E-state index >= 15 is 0 Å². The van der Waals surface area contributed by atoms with Gasteiger partial charge in [-0.1, -0.05) is 6.92 Å². The third-order valence-electron chi connectivity index (χ3n) is 7.62. The Kier molecular flexibility index (Phi) is 8.04. The van der Waals surface area contributed by atoms with Gasteiger partial charge in [-0.05, 0) is 68.2 Å². The first kappa shape index (κ1) is 27.6. The normalized spacial score (nSPS) is 22.6. The van der Waals surface area contributed by atoms with Crippen molar-refractivity contribution in [2.24, 2.45) is 11.8 Å². The maximum absolute atomic E-state index is 13.3. The van der Waals surface area contributed by atoms with Crippen LogP contribution in [-0.4, -0.2) is 52.6 Å². The number of anilines is 1. The van der Waals surface area contributed by atoms with Gasteiger partial charge in [0.25, 0.3) is 0 Å². The maximum atomic E-state index is 13.3. The lowest BCUT2D eigenvalue weighted by molar-refractivity contribution is -0.141. The summed E-state index contributed by atoms with van der Waals surface area (Å²) < 4.78 is 79.4. The second kappa shape index (κ2) is 10.8. The van der Waals surface area contributed by atoms with Crippen molar-refractivity contribution in [2.45, 2.75) is 69.9 Å². The first-order chi connectivity index (χ1) is 17.3. The molecule has 37 heavy (non-hydrogen) atoms. The number of carbonyl (C=O) groups is 1. The van der Waals surface area contributed by atoms with E-state index < -0.39 is 23.6 Å². The topological polar surface area (TPSA) is 65.5 Å². The fourth-order valence-corrected chi connectivity index (χ4v) is 5.50. The van der Waals surface area contributed by atoms with Crippen LogP contribution in [-0.2, 0) is 17.1 Å². The quantitative estimate of drug-likeness (QED) is 0.415. The van der Waals surface area contributed by atoms with Crippen molar-refractivity contribution in [3.8, 4) is 0 Å². The second-order valence-electron chi connectivity index (χ2n) is 10.2. The molecule has 2 fully saturated rings. The van der Waals surface area contributed by atoms with Crippen molar-refractivity contribution in [3.63, 3.8) is 0 Å². The molecule has 0 amide bonds. The van der Waals surface area contributed by atoms with Crippen LogP contribution in [0.25, 0.3) is 10.9 Å². The van der Waals surface area contributed by atoms with Gasteiger partial charge < -0.3 is 10.4 Å². The van der Waals surface area contributed by atoms with Crippen molar-refractivity contribution in [1.82, 2.24) is 9.88 Å². The minimum absolute atomic E-state index is 0.130. The number of fused-ring (bicyclic) bond motifs is 1. The Hall–Kier alpha value is -2.40. The number of ketones is 1. The number of rotatable bonds is 8. The van der Waals surface area contributed by atoms with Gasteiger partial charge in [0.1, 0.15) is 5.69 Å². The fourth-order valence-electron chi connectivity index (χ4n) is 5.50. The molecule has 0 bridgehead atoms. The van der Waals surface area contributed by atoms with Gasteiger partial charge >= 0.3 is 12.4 Å². The van der Waals surface area contributed by atoms with Crippen LogP contribution in [0.3, 0.4) is 0 Å². The molecular formula is C26H31F6N3O2. The summed E-state index contributed by atoms with van der Waals surface area (Å²) in [5, 5.41) is 12.6. The van der Waals surface area contributed by atoms with Crippen molar-refractivity contribution in [1.29, 1.82) is 0 Å². The summed E-state index contributed by atoms with van der Waals surface area (Å²) in [6.07, 6.45) is -4.71. The summed E-state index contributed by atoms with van der Waals surface area (Å²) in [7, 11) is 0. The molecule has 1 saturated carbocycles. The average molecular weight is 532 g/mol. The molecule has 1 atom stereocenters. The molecule has 1 aromatic heterocycles. The number of nitrogens with one attached hydrogen (secondary N) is 1. The number of nitrogens with zero attached hydrogens (tertiary/aromatic N) is 2. The molecular weight excluding hydrogens is 500 g/mol. The van der Waals surface area contributed by atoms with Crippen LogP contribution in [0.15, 0.2) is 24.3 Å². The van der Waals surface area contributed by atoms with Crippen molar-refractivity contribution >= 4 is 22.4 Å². The van der Waals surface area contributed by atoms with Gasteiger partial charge in [-0.3, -0.25) is 9.69 Å². The molecule has 2 aromatic rings. The molecule has 1 unspecified atom stereocenters. The number of aliphatic hydroxyl groups excluding tert-OH is 1. The first-order valence-electron chi connectivity index (χ1n) is 12.6. The van der Waals surface area contributed by atoms with E-state index in [0.29, 0.717) is 24.1 Å². The van der Waals surface area contributed by atoms with Gasteiger partial charge in [-0.25, -0.2) is 4.98 Å². The number of benzene rings is 1. The van der Waals surface area contributed by atoms with E-state index in [1.807, 2.05) is 6.92 Å². The van der Waals surface area contributed by atoms with Gasteiger partial charge in [-0.2, -0.15) is 26.3 Å². The summed E-state index contributed by atoms with van der Waals surface area (Å²) in [5.41, 5.74) is -2.71. The van der Waals surface area contributed by atoms with Crippen molar-refractivity contribution in [2.75, 3.05) is 25.0 Å². The highest BCUT2D eigenvalue weighted by Gasteiger charge is 2.37. The van der Waals surface area contributed by atoms with Gasteiger partial charge in [0, 0.05) is 36.6 Å². The van der Waals surface area contributed by atoms with E-state index in [-0.39, 0.29) is 47.4 Å². The predicted molar refractivity (Wildman–Crippen MR) is 127 cm³/mol. The van der Waals surface area contributed by atoms with Crippen LogP contribution in [0.5, 0.6) is 0 Å². The molecule has 0 spiro atoms. The van der Waals surface area contributed by atoms with Gasteiger partial charge in [0.2, 0.25) is 0 Å². The van der Waals surface area contributed by atoms with E-state index in [2.05, 4.69) is 15.2 Å². The zero-order chi connectivity index (χ0) is 27.0. The van der Waals surface area contributed by atoms with Gasteiger partial charge in [0.15, 0.2) is 5.78 Å². The lowest BCUT2D eigenvalue weighted by Crippen LogP contribution is -2.53. The Balaban J connectivity index is 1.35. The first-order valence-corrected chi connectivity index (χ1v) is 12.6. The van der Waals surface area contributed by atoms with E-state index in [1.165, 1.54) is 0 Å². The SMILES string of the molecule is CCC(O)C1CCC(N2CC(CC(=O)CNc3cc(C(F)(F)F)nc4ccc(C(F)(F)F)cc34)C2)CC1. The number of halogens is 6. The zero-order valence-electron chi connectivity index (χ0n) is 20.5. The number of alkyl halides is 6. The Bertz CT molecular complexity index is 1110. The van der Waals surface area contributed by atoms with Crippen LogP contribution in [0.1, 0.15) is 56.7 Å². The molecule has 4 rings (SSSR count). The summed E-state index contributed by atoms with van der Waals surface area (Å²) in [6, 6.07) is 3.42.